The molecule has 2 rings (SSSR count). The Hall–Kier alpha value is -2.57. The summed E-state index contributed by atoms with van der Waals surface area (Å²) in [6.07, 6.45) is 21.5. The number of rotatable bonds is 13. The van der Waals surface area contributed by atoms with Gasteiger partial charge in [0.2, 0.25) is 0 Å². The normalized spacial score (nSPS) is 19.1. The number of aromatic nitrogens is 1. The van der Waals surface area contributed by atoms with Crippen LogP contribution in [0.4, 0.5) is 4.39 Å². The zero-order valence-electron chi connectivity index (χ0n) is 21.5. The summed E-state index contributed by atoms with van der Waals surface area (Å²) in [4.78, 5) is 6.47. The van der Waals surface area contributed by atoms with Crippen molar-refractivity contribution in [3.63, 3.8) is 0 Å². The third kappa shape index (κ3) is 13.2. The number of nitrogens with one attached hydrogen (secondary N) is 2. The number of allylic oxidation sites excluding steroid dienone is 4. The molecule has 0 radical (unpaired) electrons. The fraction of sp³-hybridized carbons (Fsp3) is 0.500. The number of pyridine rings is 1. The second kappa shape index (κ2) is 19.9. The third-order valence-electron chi connectivity index (χ3n) is 5.24. The molecule has 0 saturated heterocycles. The van der Waals surface area contributed by atoms with E-state index in [2.05, 4.69) is 64.0 Å². The molecule has 1 aliphatic heterocycles. The molecule has 0 fully saturated rings. The number of hydrogen-bond acceptors (Lipinski definition) is 5. The number of nitrogens with zero attached hydrogens (tertiary/aromatic N) is 3. The van der Waals surface area contributed by atoms with E-state index in [1.807, 2.05) is 32.1 Å². The molecular weight excluding hydrogens is 425 g/mol. The van der Waals surface area contributed by atoms with Gasteiger partial charge in [0.25, 0.3) is 0 Å². The van der Waals surface area contributed by atoms with Crippen LogP contribution in [0.2, 0.25) is 0 Å². The van der Waals surface area contributed by atoms with Gasteiger partial charge in [-0.3, -0.25) is 4.98 Å². The monoisotopic (exact) mass is 469 g/mol. The summed E-state index contributed by atoms with van der Waals surface area (Å²) in [5, 5.41) is 8.31. The Kier molecular flexibility index (Phi) is 17.2. The van der Waals surface area contributed by atoms with E-state index < -0.39 is 6.67 Å². The van der Waals surface area contributed by atoms with Crippen LogP contribution >= 0.6 is 0 Å². The summed E-state index contributed by atoms with van der Waals surface area (Å²) in [6.45, 7) is 9.37. The van der Waals surface area contributed by atoms with E-state index in [1.165, 1.54) is 11.6 Å². The van der Waals surface area contributed by atoms with Crippen LogP contribution in [0.3, 0.4) is 0 Å². The van der Waals surface area contributed by atoms with Gasteiger partial charge in [0.1, 0.15) is 6.67 Å². The van der Waals surface area contributed by atoms with Crippen molar-refractivity contribution in [3.05, 3.63) is 78.2 Å². The smallest absolute Gasteiger partial charge is 0.108 e. The molecule has 1 aromatic rings. The zero-order valence-corrected chi connectivity index (χ0v) is 21.5. The summed E-state index contributed by atoms with van der Waals surface area (Å²) in [7, 11) is 2.16. The van der Waals surface area contributed by atoms with Gasteiger partial charge in [-0.25, -0.2) is 4.39 Å². The molecule has 2 heterocycles. The Morgan fingerprint density at radius 2 is 1.97 bits per heavy atom. The second-order valence-corrected chi connectivity index (χ2v) is 7.97. The van der Waals surface area contributed by atoms with Gasteiger partial charge in [-0.15, -0.1) is 0 Å². The van der Waals surface area contributed by atoms with Gasteiger partial charge in [-0.05, 0) is 37.6 Å². The SMILES string of the molecule is CC.CCCC(CN(C)CC/C=C\C=C/CF)NCC1=C/C/C(c2ccncc2)=N\NC/C=C\1. The predicted octanol–water partition coefficient (Wildman–Crippen LogP) is 5.45. The van der Waals surface area contributed by atoms with Crippen molar-refractivity contribution < 1.29 is 4.39 Å². The molecule has 5 nitrogen and oxygen atoms in total. The van der Waals surface area contributed by atoms with Crippen molar-refractivity contribution in [1.29, 1.82) is 0 Å². The first-order chi connectivity index (χ1) is 16.7. The first-order valence-electron chi connectivity index (χ1n) is 12.6. The Morgan fingerprint density at radius 1 is 1.21 bits per heavy atom. The van der Waals surface area contributed by atoms with Crippen LogP contribution in [0.1, 0.15) is 52.0 Å². The van der Waals surface area contributed by atoms with E-state index >= 15 is 0 Å². The minimum atomic E-state index is -0.408. The highest BCUT2D eigenvalue weighted by Crippen LogP contribution is 2.09. The lowest BCUT2D eigenvalue weighted by atomic mass is 10.1. The van der Waals surface area contributed by atoms with Crippen molar-refractivity contribution in [2.24, 2.45) is 5.10 Å². The van der Waals surface area contributed by atoms with E-state index in [4.69, 9.17) is 0 Å². The minimum absolute atomic E-state index is 0.408. The van der Waals surface area contributed by atoms with Crippen molar-refractivity contribution in [1.82, 2.24) is 20.6 Å². The second-order valence-electron chi connectivity index (χ2n) is 7.97. The zero-order chi connectivity index (χ0) is 24.9. The van der Waals surface area contributed by atoms with Crippen LogP contribution in [0.5, 0.6) is 0 Å². The van der Waals surface area contributed by atoms with Crippen LogP contribution in [0.15, 0.2) is 77.7 Å². The van der Waals surface area contributed by atoms with Crippen LogP contribution in [0, 0.1) is 0 Å². The van der Waals surface area contributed by atoms with Crippen LogP contribution in [0.25, 0.3) is 0 Å². The van der Waals surface area contributed by atoms with Gasteiger partial charge < -0.3 is 15.6 Å². The summed E-state index contributed by atoms with van der Waals surface area (Å²) < 4.78 is 12.1. The van der Waals surface area contributed by atoms with Gasteiger partial charge in [0.05, 0.1) is 12.3 Å². The fourth-order valence-electron chi connectivity index (χ4n) is 3.54. The molecule has 0 spiro atoms. The minimum Gasteiger partial charge on any atom is -0.309 e. The third-order valence-corrected chi connectivity index (χ3v) is 5.24. The first kappa shape index (κ1) is 29.5. The molecule has 0 aliphatic carbocycles. The highest BCUT2D eigenvalue weighted by atomic mass is 19.1. The topological polar surface area (TPSA) is 52.5 Å². The number of hydrazone groups is 1. The Bertz CT molecular complexity index is 783. The van der Waals surface area contributed by atoms with Gasteiger partial charge >= 0.3 is 0 Å². The Morgan fingerprint density at radius 3 is 2.71 bits per heavy atom. The Labute approximate surface area is 206 Å². The molecule has 6 heteroatoms. The van der Waals surface area contributed by atoms with E-state index in [0.717, 1.165) is 56.6 Å². The summed E-state index contributed by atoms with van der Waals surface area (Å²) >= 11 is 0. The van der Waals surface area contributed by atoms with Gasteiger partial charge in [0, 0.05) is 50.1 Å². The van der Waals surface area contributed by atoms with Crippen LogP contribution < -0.4 is 10.7 Å². The molecule has 0 aromatic carbocycles. The molecule has 1 unspecified atom stereocenters. The first-order valence-corrected chi connectivity index (χ1v) is 12.6. The quantitative estimate of drug-likeness (QED) is 0.377. The summed E-state index contributed by atoms with van der Waals surface area (Å²) in [5.41, 5.74) is 6.53. The van der Waals surface area contributed by atoms with Crippen molar-refractivity contribution in [2.45, 2.75) is 52.5 Å². The van der Waals surface area contributed by atoms with Crippen LogP contribution in [-0.2, 0) is 0 Å². The lowest BCUT2D eigenvalue weighted by molar-refractivity contribution is 0.287. The molecule has 0 saturated carbocycles. The molecule has 2 N–H and O–H groups in total. The maximum atomic E-state index is 12.1. The van der Waals surface area contributed by atoms with Gasteiger partial charge in [0.15, 0.2) is 0 Å². The van der Waals surface area contributed by atoms with E-state index in [0.29, 0.717) is 12.6 Å². The molecule has 1 aliphatic rings. The molecule has 1 atom stereocenters. The van der Waals surface area contributed by atoms with Crippen molar-refractivity contribution >= 4 is 5.71 Å². The maximum Gasteiger partial charge on any atom is 0.108 e. The summed E-state index contributed by atoms with van der Waals surface area (Å²) in [6, 6.07) is 4.43. The predicted molar refractivity (Wildman–Crippen MR) is 145 cm³/mol. The number of hydrogen-bond donors (Lipinski definition) is 2. The van der Waals surface area contributed by atoms with Gasteiger partial charge in [-0.2, -0.15) is 5.10 Å². The largest absolute Gasteiger partial charge is 0.309 e. The molecule has 0 amide bonds. The molecule has 0 bridgehead atoms. The van der Waals surface area contributed by atoms with Crippen molar-refractivity contribution in [3.8, 4) is 0 Å². The highest BCUT2D eigenvalue weighted by Gasteiger charge is 2.11. The molecule has 188 valence electrons. The van der Waals surface area contributed by atoms with Crippen molar-refractivity contribution in [2.75, 3.05) is 39.9 Å². The number of halogens is 1. The average Bonchev–Trinajstić information content (AvgIpc) is 2.99. The number of alkyl halides is 1. The molecular formula is C28H44FN5. The lowest BCUT2D eigenvalue weighted by Crippen LogP contribution is -2.40. The maximum absolute atomic E-state index is 12.1. The molecule has 1 aromatic heterocycles. The van der Waals surface area contributed by atoms with Crippen LogP contribution in [-0.4, -0.2) is 61.5 Å². The van der Waals surface area contributed by atoms with E-state index in [1.54, 1.807) is 18.5 Å². The van der Waals surface area contributed by atoms with Gasteiger partial charge in [-0.1, -0.05) is 69.7 Å². The van der Waals surface area contributed by atoms with E-state index in [-0.39, 0.29) is 0 Å². The molecule has 34 heavy (non-hydrogen) atoms. The van der Waals surface area contributed by atoms with E-state index in [9.17, 15) is 4.39 Å². The Balaban J connectivity index is 0.00000281. The highest BCUT2D eigenvalue weighted by molar-refractivity contribution is 6.01. The fourth-order valence-corrected chi connectivity index (χ4v) is 3.54. The lowest BCUT2D eigenvalue weighted by Gasteiger charge is -2.25. The standard InChI is InChI=1S/C26H38FN5.C2H6/c1-3-10-25(22-32(2)20-8-6-4-5-7-16-27)29-21-23-11-9-17-30-31-26(13-12-23)24-14-18-28-19-15-24;1-2/h4-7,9,11-12,14-15,18-19,25,29-30H,3,8,10,13,16-17,20-22H2,1-2H3;1-2H3/b6-4-,7-5-,11-9-,23-12+,31-26+;. The number of likely N-dealkylation sites (N-methyl/N-ethyl adjacent to an activating group) is 1. The summed E-state index contributed by atoms with van der Waals surface area (Å²) in [5.74, 6) is 0. The average molecular weight is 470 g/mol.